The van der Waals surface area contributed by atoms with Gasteiger partial charge in [0.1, 0.15) is 23.0 Å². The second-order valence-electron chi connectivity index (χ2n) is 9.82. The number of ether oxygens (including phenoxy) is 2. The predicted octanol–water partition coefficient (Wildman–Crippen LogP) is 3.77. The quantitative estimate of drug-likeness (QED) is 0.405. The van der Waals surface area contributed by atoms with Crippen LogP contribution in [0.4, 0.5) is 0 Å². The van der Waals surface area contributed by atoms with Gasteiger partial charge in [-0.15, -0.1) is 0 Å². The molecule has 1 atom stereocenters. The summed E-state index contributed by atoms with van der Waals surface area (Å²) in [6.45, 7) is 1.37. The van der Waals surface area contributed by atoms with Gasteiger partial charge in [0.05, 0.1) is 24.4 Å². The molecule has 204 valence electrons. The lowest BCUT2D eigenvalue weighted by Gasteiger charge is -2.38. The number of benzene rings is 2. The molecule has 2 N–H and O–H groups in total. The summed E-state index contributed by atoms with van der Waals surface area (Å²) in [7, 11) is 0. The molecule has 0 saturated carbocycles. The van der Waals surface area contributed by atoms with E-state index in [9.17, 15) is 14.4 Å². The Labute approximate surface area is 229 Å². The third-order valence-corrected chi connectivity index (χ3v) is 7.08. The normalized spacial score (nSPS) is 16.8. The number of carbonyl (C=O) groups excluding carboxylic acids is 2. The van der Waals surface area contributed by atoms with Gasteiger partial charge in [0, 0.05) is 38.2 Å². The molecule has 3 aliphatic heterocycles. The summed E-state index contributed by atoms with van der Waals surface area (Å²) in [6, 6.07) is 16.3. The van der Waals surface area contributed by atoms with Crippen LogP contribution in [-0.4, -0.2) is 46.6 Å². The summed E-state index contributed by atoms with van der Waals surface area (Å²) >= 11 is 0. The third-order valence-electron chi connectivity index (χ3n) is 7.08. The molecule has 0 spiro atoms. The van der Waals surface area contributed by atoms with E-state index in [-0.39, 0.29) is 29.8 Å². The monoisotopic (exact) mass is 540 g/mol. The van der Waals surface area contributed by atoms with Gasteiger partial charge in [0.2, 0.25) is 5.91 Å². The van der Waals surface area contributed by atoms with Crippen molar-refractivity contribution in [3.8, 4) is 17.2 Å². The average molecular weight is 541 g/mol. The number of hydrogen-bond donors (Lipinski definition) is 2. The molecule has 2 aromatic heterocycles. The van der Waals surface area contributed by atoms with E-state index in [1.807, 2.05) is 47.4 Å². The summed E-state index contributed by atoms with van der Waals surface area (Å²) in [5.74, 6) is 1.97. The maximum Gasteiger partial charge on any atom is 0.280 e. The zero-order valence-corrected chi connectivity index (χ0v) is 21.7. The molecule has 3 aliphatic rings. The minimum Gasteiger partial charge on any atom is -0.494 e. The summed E-state index contributed by atoms with van der Waals surface area (Å²) < 4.78 is 17.3. The largest absolute Gasteiger partial charge is 0.494 e. The summed E-state index contributed by atoms with van der Waals surface area (Å²) in [5.41, 5.74) is 3.10. The zero-order valence-electron chi connectivity index (χ0n) is 21.7. The lowest BCUT2D eigenvalue weighted by molar-refractivity contribution is -0.133. The smallest absolute Gasteiger partial charge is 0.280 e. The van der Waals surface area contributed by atoms with Gasteiger partial charge in [0.25, 0.3) is 11.5 Å². The van der Waals surface area contributed by atoms with Crippen LogP contribution in [0.2, 0.25) is 0 Å². The number of H-pyrrole nitrogens is 1. The summed E-state index contributed by atoms with van der Waals surface area (Å²) in [4.78, 5) is 43.6. The molecule has 0 aliphatic carbocycles. The Kier molecular flexibility index (Phi) is 7.05. The van der Waals surface area contributed by atoms with Gasteiger partial charge >= 0.3 is 0 Å². The molecule has 0 fully saturated rings. The molecule has 2 aromatic carbocycles. The first-order valence-corrected chi connectivity index (χ1v) is 13.3. The minimum atomic E-state index is -0.324. The summed E-state index contributed by atoms with van der Waals surface area (Å²) in [6.07, 6.45) is 4.88. The van der Waals surface area contributed by atoms with Gasteiger partial charge in [0.15, 0.2) is 0 Å². The fourth-order valence-electron chi connectivity index (χ4n) is 5.19. The maximum atomic E-state index is 13.5. The standard InChI is InChI=1S/C30H28N4O6/c35-27-16-24(40-33-27)6-8-28(36)34-11-9-19-13-23-5-7-26(19)29(34)20-3-1-4-22(14-20)38-12-2-10-32-30(37)21-15-25(39-23)18-31-17-21/h1,3-5,7,13-18,29H,2,6,8-12H2,(H,32,37)(H,33,35). The van der Waals surface area contributed by atoms with Crippen molar-refractivity contribution >= 4 is 11.8 Å². The van der Waals surface area contributed by atoms with Crippen LogP contribution in [0.1, 0.15) is 51.7 Å². The maximum absolute atomic E-state index is 13.5. The van der Waals surface area contributed by atoms with Gasteiger partial charge in [-0.05, 0) is 59.9 Å². The zero-order chi connectivity index (χ0) is 27.5. The van der Waals surface area contributed by atoms with Crippen molar-refractivity contribution in [2.24, 2.45) is 0 Å². The van der Waals surface area contributed by atoms with E-state index in [0.717, 1.165) is 16.7 Å². The number of aryl methyl sites for hydroxylation is 1. The Morgan fingerprint density at radius 1 is 1.02 bits per heavy atom. The van der Waals surface area contributed by atoms with Crippen molar-refractivity contribution in [2.45, 2.75) is 31.7 Å². The molecular formula is C30H28N4O6. The Balaban J connectivity index is 1.35. The number of nitrogens with zero attached hydrogens (tertiary/aromatic N) is 2. The lowest BCUT2D eigenvalue weighted by Crippen LogP contribution is -2.40. The molecule has 4 aromatic rings. The molecule has 8 bridgehead atoms. The van der Waals surface area contributed by atoms with Gasteiger partial charge in [-0.3, -0.25) is 19.4 Å². The first-order valence-electron chi connectivity index (χ1n) is 13.3. The lowest BCUT2D eigenvalue weighted by atomic mass is 9.87. The van der Waals surface area contributed by atoms with E-state index in [4.69, 9.17) is 14.0 Å². The summed E-state index contributed by atoms with van der Waals surface area (Å²) in [5, 5.41) is 5.16. The molecule has 7 rings (SSSR count). The van der Waals surface area contributed by atoms with Crippen LogP contribution in [-0.2, 0) is 17.6 Å². The second-order valence-corrected chi connectivity index (χ2v) is 9.82. The van der Waals surface area contributed by atoms with Crippen LogP contribution >= 0.6 is 0 Å². The molecule has 0 saturated heterocycles. The van der Waals surface area contributed by atoms with Crippen molar-refractivity contribution in [3.63, 3.8) is 0 Å². The van der Waals surface area contributed by atoms with Crippen LogP contribution in [0.15, 0.2) is 76.3 Å². The van der Waals surface area contributed by atoms with E-state index in [2.05, 4.69) is 15.5 Å². The highest BCUT2D eigenvalue weighted by atomic mass is 16.5. The first kappa shape index (κ1) is 25.4. The number of nitrogens with one attached hydrogen (secondary N) is 2. The number of aromatic nitrogens is 2. The molecule has 40 heavy (non-hydrogen) atoms. The van der Waals surface area contributed by atoms with E-state index < -0.39 is 0 Å². The second kappa shape index (κ2) is 11.1. The van der Waals surface area contributed by atoms with Crippen molar-refractivity contribution in [2.75, 3.05) is 19.7 Å². The van der Waals surface area contributed by atoms with E-state index in [0.29, 0.717) is 67.5 Å². The fourth-order valence-corrected chi connectivity index (χ4v) is 5.19. The third kappa shape index (κ3) is 5.47. The Morgan fingerprint density at radius 2 is 1.95 bits per heavy atom. The molecular weight excluding hydrogens is 512 g/mol. The SMILES string of the molecule is O=C1NCCCOc2cccc(c2)C2c3ccc(cc3CCN2C(=O)CCc2cc(=O)[nH]o2)Oc2cncc1c2. The predicted molar refractivity (Wildman–Crippen MR) is 145 cm³/mol. The first-order chi connectivity index (χ1) is 19.5. The molecule has 10 heteroatoms. The number of rotatable bonds is 3. The van der Waals surface area contributed by atoms with Crippen molar-refractivity contribution in [3.05, 3.63) is 105 Å². The topological polar surface area (TPSA) is 127 Å². The molecule has 5 heterocycles. The molecule has 2 amide bonds. The number of aromatic amines is 1. The van der Waals surface area contributed by atoms with Crippen LogP contribution in [0.25, 0.3) is 0 Å². The molecule has 1 unspecified atom stereocenters. The Hall–Kier alpha value is -4.86. The number of pyridine rings is 1. The van der Waals surface area contributed by atoms with Crippen LogP contribution in [0.3, 0.4) is 0 Å². The molecule has 10 nitrogen and oxygen atoms in total. The van der Waals surface area contributed by atoms with Crippen LogP contribution < -0.4 is 20.3 Å². The van der Waals surface area contributed by atoms with Gasteiger partial charge in [-0.1, -0.05) is 18.2 Å². The number of carbonyl (C=O) groups is 2. The Morgan fingerprint density at radius 3 is 2.83 bits per heavy atom. The number of hydrogen-bond acceptors (Lipinski definition) is 7. The van der Waals surface area contributed by atoms with E-state index in [1.165, 1.54) is 12.3 Å². The van der Waals surface area contributed by atoms with Crippen LogP contribution in [0.5, 0.6) is 17.2 Å². The van der Waals surface area contributed by atoms with E-state index in [1.54, 1.807) is 12.3 Å². The highest BCUT2D eigenvalue weighted by Gasteiger charge is 2.32. The van der Waals surface area contributed by atoms with Crippen molar-refractivity contribution < 1.29 is 23.6 Å². The van der Waals surface area contributed by atoms with Crippen molar-refractivity contribution in [1.82, 2.24) is 20.4 Å². The number of fused-ring (bicyclic) bond motifs is 6. The Bertz CT molecular complexity index is 1610. The highest BCUT2D eigenvalue weighted by molar-refractivity contribution is 5.94. The van der Waals surface area contributed by atoms with Gasteiger partial charge in [-0.25, -0.2) is 0 Å². The van der Waals surface area contributed by atoms with Gasteiger partial charge < -0.3 is 24.2 Å². The number of amides is 2. The minimum absolute atomic E-state index is 0.0353. The average Bonchev–Trinajstić information content (AvgIpc) is 3.39. The highest BCUT2D eigenvalue weighted by Crippen LogP contribution is 2.39. The fraction of sp³-hybridized carbons (Fsp3) is 0.267. The van der Waals surface area contributed by atoms with Crippen LogP contribution in [0, 0.1) is 0 Å². The van der Waals surface area contributed by atoms with Gasteiger partial charge in [-0.2, -0.15) is 5.16 Å². The van der Waals surface area contributed by atoms with Crippen molar-refractivity contribution in [1.29, 1.82) is 0 Å². The van der Waals surface area contributed by atoms with E-state index >= 15 is 0 Å². The molecule has 0 radical (unpaired) electrons.